The minimum atomic E-state index is -0.459. The lowest BCUT2D eigenvalue weighted by Gasteiger charge is -2.10. The van der Waals surface area contributed by atoms with Crippen LogP contribution in [0.4, 0.5) is 5.69 Å². The SMILES string of the molecule is COc1cc(OC)cc(C(=O)NN=C(C)CC(=O)Nc2cc3oc4ccccc4c3cc2OC)c1. The Morgan fingerprint density at radius 3 is 2.29 bits per heavy atom. The van der Waals surface area contributed by atoms with E-state index < -0.39 is 5.91 Å². The van der Waals surface area contributed by atoms with Gasteiger partial charge in [0.15, 0.2) is 0 Å². The van der Waals surface area contributed by atoms with Gasteiger partial charge < -0.3 is 23.9 Å². The lowest BCUT2D eigenvalue weighted by atomic mass is 10.1. The number of anilines is 1. The third kappa shape index (κ3) is 5.19. The van der Waals surface area contributed by atoms with Crippen LogP contribution in [-0.4, -0.2) is 38.9 Å². The highest BCUT2D eigenvalue weighted by molar-refractivity contribution is 6.10. The summed E-state index contributed by atoms with van der Waals surface area (Å²) < 4.78 is 21.7. The third-order valence-corrected chi connectivity index (χ3v) is 5.35. The second kappa shape index (κ2) is 10.2. The first kappa shape index (κ1) is 23.6. The molecule has 0 saturated heterocycles. The molecule has 4 aromatic rings. The lowest BCUT2D eigenvalue weighted by molar-refractivity contribution is -0.115. The first-order valence-corrected chi connectivity index (χ1v) is 10.8. The molecule has 0 atom stereocenters. The summed E-state index contributed by atoms with van der Waals surface area (Å²) in [6.45, 7) is 1.64. The molecular formula is C26H25N3O6. The first-order valence-electron chi connectivity index (χ1n) is 10.8. The van der Waals surface area contributed by atoms with Gasteiger partial charge in [-0.15, -0.1) is 0 Å². The smallest absolute Gasteiger partial charge is 0.271 e. The highest BCUT2D eigenvalue weighted by Gasteiger charge is 2.15. The highest BCUT2D eigenvalue weighted by atomic mass is 16.5. The van der Waals surface area contributed by atoms with E-state index in [2.05, 4.69) is 15.8 Å². The fourth-order valence-electron chi connectivity index (χ4n) is 3.63. The summed E-state index contributed by atoms with van der Waals surface area (Å²) in [7, 11) is 4.53. The molecule has 0 bridgehead atoms. The van der Waals surface area contributed by atoms with Crippen molar-refractivity contribution < 1.29 is 28.2 Å². The zero-order valence-electron chi connectivity index (χ0n) is 19.8. The van der Waals surface area contributed by atoms with Crippen LogP contribution < -0.4 is 25.0 Å². The minimum Gasteiger partial charge on any atom is -0.497 e. The van der Waals surface area contributed by atoms with E-state index in [1.165, 1.54) is 21.3 Å². The van der Waals surface area contributed by atoms with E-state index in [1.54, 1.807) is 31.2 Å². The Labute approximate surface area is 201 Å². The molecule has 0 spiro atoms. The van der Waals surface area contributed by atoms with Crippen LogP contribution in [0.2, 0.25) is 0 Å². The largest absolute Gasteiger partial charge is 0.497 e. The van der Waals surface area contributed by atoms with Gasteiger partial charge in [-0.2, -0.15) is 5.10 Å². The number of carbonyl (C=O) groups excluding carboxylic acids is 2. The fourth-order valence-corrected chi connectivity index (χ4v) is 3.63. The zero-order valence-corrected chi connectivity index (χ0v) is 19.8. The maximum absolute atomic E-state index is 12.7. The average molecular weight is 476 g/mol. The Morgan fingerprint density at radius 1 is 0.886 bits per heavy atom. The molecule has 9 nitrogen and oxygen atoms in total. The van der Waals surface area contributed by atoms with Crippen molar-refractivity contribution in [3.05, 3.63) is 60.2 Å². The highest BCUT2D eigenvalue weighted by Crippen LogP contribution is 2.36. The van der Waals surface area contributed by atoms with Gasteiger partial charge in [-0.25, -0.2) is 5.43 Å². The number of hydrogen-bond acceptors (Lipinski definition) is 7. The van der Waals surface area contributed by atoms with E-state index in [1.807, 2.05) is 30.3 Å². The summed E-state index contributed by atoms with van der Waals surface area (Å²) >= 11 is 0. The van der Waals surface area contributed by atoms with Crippen molar-refractivity contribution in [2.45, 2.75) is 13.3 Å². The molecule has 1 aromatic heterocycles. The second-order valence-corrected chi connectivity index (χ2v) is 7.76. The number of fused-ring (bicyclic) bond motifs is 3. The summed E-state index contributed by atoms with van der Waals surface area (Å²) in [6, 6.07) is 16.0. The number of ether oxygens (including phenoxy) is 3. The fraction of sp³-hybridized carbons (Fsp3) is 0.192. The quantitative estimate of drug-likeness (QED) is 0.281. The number of benzene rings is 3. The van der Waals surface area contributed by atoms with E-state index in [-0.39, 0.29) is 12.3 Å². The van der Waals surface area contributed by atoms with Gasteiger partial charge in [0.1, 0.15) is 28.4 Å². The number of furan rings is 1. The number of para-hydroxylation sites is 1. The van der Waals surface area contributed by atoms with Crippen LogP contribution in [0.5, 0.6) is 17.2 Å². The molecule has 180 valence electrons. The van der Waals surface area contributed by atoms with Crippen LogP contribution in [0.1, 0.15) is 23.7 Å². The predicted octanol–water partition coefficient (Wildman–Crippen LogP) is 4.75. The maximum atomic E-state index is 12.7. The van der Waals surface area contributed by atoms with Gasteiger partial charge >= 0.3 is 0 Å². The van der Waals surface area contributed by atoms with Gasteiger partial charge in [0.25, 0.3) is 5.91 Å². The summed E-state index contributed by atoms with van der Waals surface area (Å²) in [4.78, 5) is 25.1. The Balaban J connectivity index is 1.45. The molecule has 9 heteroatoms. The topological polar surface area (TPSA) is 111 Å². The number of methoxy groups -OCH3 is 3. The first-order chi connectivity index (χ1) is 16.9. The molecule has 0 aliphatic carbocycles. The van der Waals surface area contributed by atoms with Crippen molar-refractivity contribution in [3.63, 3.8) is 0 Å². The van der Waals surface area contributed by atoms with E-state index in [9.17, 15) is 9.59 Å². The maximum Gasteiger partial charge on any atom is 0.271 e. The third-order valence-electron chi connectivity index (χ3n) is 5.35. The molecule has 0 radical (unpaired) electrons. The molecule has 0 aliphatic heterocycles. The Kier molecular flexibility index (Phi) is 6.86. The molecule has 2 N–H and O–H groups in total. The summed E-state index contributed by atoms with van der Waals surface area (Å²) in [5.74, 6) is 0.679. The molecule has 35 heavy (non-hydrogen) atoms. The van der Waals surface area contributed by atoms with Crippen molar-refractivity contribution in [1.82, 2.24) is 5.43 Å². The average Bonchev–Trinajstić information content (AvgIpc) is 3.23. The Bertz CT molecular complexity index is 1420. The van der Waals surface area contributed by atoms with Gasteiger partial charge in [-0.3, -0.25) is 9.59 Å². The minimum absolute atomic E-state index is 0.0387. The van der Waals surface area contributed by atoms with Crippen molar-refractivity contribution in [3.8, 4) is 17.2 Å². The van der Waals surface area contributed by atoms with Gasteiger partial charge in [0, 0.05) is 34.2 Å². The van der Waals surface area contributed by atoms with E-state index in [0.717, 1.165) is 16.4 Å². The standard InChI is InChI=1S/C26H25N3O6/c1-15(28-29-26(31)16-10-17(32-2)12-18(11-16)33-3)9-25(30)27-21-14-23-20(13-24(21)34-4)19-7-5-6-8-22(19)35-23/h5-8,10-14H,9H2,1-4H3,(H,27,30)(H,29,31). The molecular weight excluding hydrogens is 450 g/mol. The molecule has 0 unspecified atom stereocenters. The number of nitrogens with zero attached hydrogens (tertiary/aromatic N) is 1. The van der Waals surface area contributed by atoms with Gasteiger partial charge in [0.2, 0.25) is 5.91 Å². The van der Waals surface area contributed by atoms with Crippen LogP contribution in [0, 0.1) is 0 Å². The van der Waals surface area contributed by atoms with E-state index >= 15 is 0 Å². The molecule has 0 saturated carbocycles. The molecule has 0 fully saturated rings. The van der Waals surface area contributed by atoms with E-state index in [0.29, 0.717) is 39.8 Å². The Hall–Kier alpha value is -4.53. The molecule has 1 heterocycles. The molecule has 2 amide bonds. The Morgan fingerprint density at radius 2 is 1.60 bits per heavy atom. The van der Waals surface area contributed by atoms with Crippen LogP contribution in [0.15, 0.2) is 64.1 Å². The van der Waals surface area contributed by atoms with Crippen molar-refractivity contribution >= 4 is 45.2 Å². The number of hydrazone groups is 1. The normalized spacial score (nSPS) is 11.4. The lowest BCUT2D eigenvalue weighted by Crippen LogP contribution is -2.21. The van der Waals surface area contributed by atoms with Crippen LogP contribution in [0.25, 0.3) is 21.9 Å². The van der Waals surface area contributed by atoms with Crippen molar-refractivity contribution in [2.75, 3.05) is 26.6 Å². The molecule has 3 aromatic carbocycles. The second-order valence-electron chi connectivity index (χ2n) is 7.76. The number of nitrogens with one attached hydrogen (secondary N) is 2. The number of carbonyl (C=O) groups is 2. The number of rotatable bonds is 8. The van der Waals surface area contributed by atoms with Gasteiger partial charge in [-0.1, -0.05) is 18.2 Å². The van der Waals surface area contributed by atoms with Crippen LogP contribution in [0.3, 0.4) is 0 Å². The molecule has 4 rings (SSSR count). The van der Waals surface area contributed by atoms with Crippen LogP contribution in [-0.2, 0) is 4.79 Å². The van der Waals surface area contributed by atoms with E-state index in [4.69, 9.17) is 18.6 Å². The molecule has 0 aliphatic rings. The van der Waals surface area contributed by atoms with Crippen LogP contribution >= 0.6 is 0 Å². The zero-order chi connectivity index (χ0) is 24.9. The number of hydrogen-bond donors (Lipinski definition) is 2. The summed E-state index contributed by atoms with van der Waals surface area (Å²) in [5.41, 5.74) is 5.03. The number of amides is 2. The van der Waals surface area contributed by atoms with Crippen molar-refractivity contribution in [1.29, 1.82) is 0 Å². The summed E-state index contributed by atoms with van der Waals surface area (Å²) in [6.07, 6.45) is -0.0387. The van der Waals surface area contributed by atoms with Crippen molar-refractivity contribution in [2.24, 2.45) is 5.10 Å². The predicted molar refractivity (Wildman–Crippen MR) is 134 cm³/mol. The van der Waals surface area contributed by atoms with Gasteiger partial charge in [0.05, 0.1) is 33.4 Å². The van der Waals surface area contributed by atoms with Gasteiger partial charge in [-0.05, 0) is 31.2 Å². The summed E-state index contributed by atoms with van der Waals surface area (Å²) in [5, 5.41) is 8.72. The monoisotopic (exact) mass is 475 g/mol.